The average molecular weight is 250 g/mol. The minimum absolute atomic E-state index is 0.193. The smallest absolute Gasteiger partial charge is 0.121 e. The minimum Gasteiger partial charge on any atom is -0.496 e. The Morgan fingerprint density at radius 1 is 1.39 bits per heavy atom. The van der Waals surface area contributed by atoms with E-state index in [0.29, 0.717) is 5.92 Å². The summed E-state index contributed by atoms with van der Waals surface area (Å²) in [4.78, 5) is 0. The van der Waals surface area contributed by atoms with Gasteiger partial charge in [0.1, 0.15) is 5.75 Å². The van der Waals surface area contributed by atoms with Gasteiger partial charge < -0.3 is 9.47 Å². The fraction of sp³-hybridized carbons (Fsp3) is 0.571. The van der Waals surface area contributed by atoms with Crippen molar-refractivity contribution in [1.82, 2.24) is 5.43 Å². The summed E-state index contributed by atoms with van der Waals surface area (Å²) >= 11 is 0. The van der Waals surface area contributed by atoms with Crippen LogP contribution >= 0.6 is 0 Å². The van der Waals surface area contributed by atoms with Crippen molar-refractivity contribution >= 4 is 0 Å². The maximum absolute atomic E-state index is 5.73. The Hall–Kier alpha value is -1.10. The Kier molecular flexibility index (Phi) is 4.58. The normalized spacial score (nSPS) is 18.6. The molecule has 1 aliphatic rings. The SMILES string of the molecule is COc1ccc(C(NN)C2CCOCC2)cc1C. The van der Waals surface area contributed by atoms with Crippen LogP contribution in [-0.4, -0.2) is 20.3 Å². The molecule has 18 heavy (non-hydrogen) atoms. The minimum atomic E-state index is 0.193. The first-order valence-corrected chi connectivity index (χ1v) is 6.44. The van der Waals surface area contributed by atoms with Crippen molar-refractivity contribution in [2.24, 2.45) is 11.8 Å². The molecule has 0 saturated carbocycles. The third kappa shape index (κ3) is 2.83. The molecule has 0 aliphatic carbocycles. The van der Waals surface area contributed by atoms with E-state index in [2.05, 4.69) is 24.5 Å². The zero-order valence-electron chi connectivity index (χ0n) is 11.1. The van der Waals surface area contributed by atoms with Gasteiger partial charge in [-0.05, 0) is 42.9 Å². The van der Waals surface area contributed by atoms with Crippen LogP contribution in [0, 0.1) is 12.8 Å². The van der Waals surface area contributed by atoms with Crippen LogP contribution in [0.15, 0.2) is 18.2 Å². The van der Waals surface area contributed by atoms with Gasteiger partial charge in [0.2, 0.25) is 0 Å². The van der Waals surface area contributed by atoms with Crippen molar-refractivity contribution in [3.8, 4) is 5.75 Å². The molecule has 4 nitrogen and oxygen atoms in total. The number of hydrogen-bond acceptors (Lipinski definition) is 4. The lowest BCUT2D eigenvalue weighted by molar-refractivity contribution is 0.0536. The van der Waals surface area contributed by atoms with Crippen molar-refractivity contribution in [1.29, 1.82) is 0 Å². The number of benzene rings is 1. The molecule has 4 heteroatoms. The summed E-state index contributed by atoms with van der Waals surface area (Å²) in [6, 6.07) is 6.44. The van der Waals surface area contributed by atoms with Crippen LogP contribution in [0.5, 0.6) is 5.75 Å². The third-order valence-corrected chi connectivity index (χ3v) is 3.69. The first-order valence-electron chi connectivity index (χ1n) is 6.44. The Labute approximate surface area is 108 Å². The molecule has 1 heterocycles. The fourth-order valence-corrected chi connectivity index (χ4v) is 2.65. The molecular formula is C14H22N2O2. The molecule has 3 N–H and O–H groups in total. The molecule has 1 atom stereocenters. The topological polar surface area (TPSA) is 56.5 Å². The molecule has 1 fully saturated rings. The van der Waals surface area contributed by atoms with E-state index >= 15 is 0 Å². The zero-order valence-corrected chi connectivity index (χ0v) is 11.1. The van der Waals surface area contributed by atoms with Crippen molar-refractivity contribution in [3.05, 3.63) is 29.3 Å². The third-order valence-electron chi connectivity index (χ3n) is 3.69. The van der Waals surface area contributed by atoms with Crippen molar-refractivity contribution in [2.75, 3.05) is 20.3 Å². The number of ether oxygens (including phenoxy) is 2. The molecule has 1 saturated heterocycles. The molecule has 0 spiro atoms. The van der Waals surface area contributed by atoms with E-state index in [9.17, 15) is 0 Å². The van der Waals surface area contributed by atoms with E-state index < -0.39 is 0 Å². The van der Waals surface area contributed by atoms with Crippen LogP contribution in [-0.2, 0) is 4.74 Å². The molecule has 0 amide bonds. The lowest BCUT2D eigenvalue weighted by Gasteiger charge is -2.30. The first-order chi connectivity index (χ1) is 8.76. The van der Waals surface area contributed by atoms with E-state index in [-0.39, 0.29) is 6.04 Å². The van der Waals surface area contributed by atoms with Crippen molar-refractivity contribution < 1.29 is 9.47 Å². The summed E-state index contributed by atoms with van der Waals surface area (Å²) < 4.78 is 10.7. The van der Waals surface area contributed by atoms with Crippen LogP contribution in [0.4, 0.5) is 0 Å². The second kappa shape index (κ2) is 6.18. The highest BCUT2D eigenvalue weighted by Crippen LogP contribution is 2.31. The quantitative estimate of drug-likeness (QED) is 0.633. The van der Waals surface area contributed by atoms with Crippen LogP contribution in [0.1, 0.15) is 30.0 Å². The monoisotopic (exact) mass is 250 g/mol. The van der Waals surface area contributed by atoms with Crippen LogP contribution in [0.3, 0.4) is 0 Å². The van der Waals surface area contributed by atoms with E-state index in [1.165, 1.54) is 5.56 Å². The summed E-state index contributed by atoms with van der Waals surface area (Å²) in [5.41, 5.74) is 5.32. The zero-order chi connectivity index (χ0) is 13.0. The molecule has 0 aromatic heterocycles. The van der Waals surface area contributed by atoms with Gasteiger partial charge >= 0.3 is 0 Å². The Bertz CT molecular complexity index is 389. The first kappa shape index (κ1) is 13.3. The van der Waals surface area contributed by atoms with Gasteiger partial charge in [0.05, 0.1) is 7.11 Å². The van der Waals surface area contributed by atoms with E-state index in [1.54, 1.807) is 7.11 Å². The summed E-state index contributed by atoms with van der Waals surface area (Å²) in [5.74, 6) is 7.19. The average Bonchev–Trinajstić information content (AvgIpc) is 2.41. The molecule has 1 aliphatic heterocycles. The molecule has 100 valence electrons. The number of hydrazine groups is 1. The Morgan fingerprint density at radius 2 is 2.11 bits per heavy atom. The second-order valence-corrected chi connectivity index (χ2v) is 4.82. The van der Waals surface area contributed by atoms with E-state index in [1.807, 2.05) is 6.07 Å². The summed E-state index contributed by atoms with van der Waals surface area (Å²) in [5, 5.41) is 0. The maximum Gasteiger partial charge on any atom is 0.121 e. The Morgan fingerprint density at radius 3 is 2.67 bits per heavy atom. The fourth-order valence-electron chi connectivity index (χ4n) is 2.65. The summed E-state index contributed by atoms with van der Waals surface area (Å²) in [6.07, 6.45) is 2.11. The standard InChI is InChI=1S/C14H22N2O2/c1-10-9-12(3-4-13(10)17-2)14(16-15)11-5-7-18-8-6-11/h3-4,9,11,14,16H,5-8,15H2,1-2H3. The van der Waals surface area contributed by atoms with Gasteiger partial charge in [0.25, 0.3) is 0 Å². The lowest BCUT2D eigenvalue weighted by Crippen LogP contribution is -2.36. The van der Waals surface area contributed by atoms with Crippen molar-refractivity contribution in [2.45, 2.75) is 25.8 Å². The molecule has 1 unspecified atom stereocenters. The van der Waals surface area contributed by atoms with Gasteiger partial charge in [-0.15, -0.1) is 0 Å². The predicted octanol–water partition coefficient (Wildman–Crippen LogP) is 1.93. The van der Waals surface area contributed by atoms with Crippen LogP contribution < -0.4 is 16.0 Å². The molecule has 1 aromatic carbocycles. The van der Waals surface area contributed by atoms with Gasteiger partial charge in [-0.2, -0.15) is 0 Å². The maximum atomic E-state index is 5.73. The summed E-state index contributed by atoms with van der Waals surface area (Å²) in [7, 11) is 1.69. The van der Waals surface area contributed by atoms with Gasteiger partial charge in [0, 0.05) is 19.3 Å². The highest BCUT2D eigenvalue weighted by molar-refractivity contribution is 5.37. The molecule has 2 rings (SSSR count). The van der Waals surface area contributed by atoms with Crippen molar-refractivity contribution in [3.63, 3.8) is 0 Å². The number of nitrogens with one attached hydrogen (secondary N) is 1. The Balaban J connectivity index is 2.18. The van der Waals surface area contributed by atoms with E-state index in [4.69, 9.17) is 15.3 Å². The lowest BCUT2D eigenvalue weighted by atomic mass is 9.87. The number of aryl methyl sites for hydroxylation is 1. The summed E-state index contributed by atoms with van der Waals surface area (Å²) in [6.45, 7) is 3.72. The van der Waals surface area contributed by atoms with Crippen LogP contribution in [0.25, 0.3) is 0 Å². The number of nitrogens with two attached hydrogens (primary N) is 1. The van der Waals surface area contributed by atoms with Gasteiger partial charge in [-0.3, -0.25) is 11.3 Å². The molecule has 1 aromatic rings. The van der Waals surface area contributed by atoms with E-state index in [0.717, 1.165) is 37.4 Å². The van der Waals surface area contributed by atoms with Crippen LogP contribution in [0.2, 0.25) is 0 Å². The molecular weight excluding hydrogens is 228 g/mol. The van der Waals surface area contributed by atoms with Gasteiger partial charge in [-0.25, -0.2) is 0 Å². The number of methoxy groups -OCH3 is 1. The highest BCUT2D eigenvalue weighted by Gasteiger charge is 2.24. The number of hydrogen-bond donors (Lipinski definition) is 2. The highest BCUT2D eigenvalue weighted by atomic mass is 16.5. The molecule has 0 bridgehead atoms. The van der Waals surface area contributed by atoms with Gasteiger partial charge in [0.15, 0.2) is 0 Å². The molecule has 0 radical (unpaired) electrons. The number of rotatable bonds is 4. The second-order valence-electron chi connectivity index (χ2n) is 4.82. The largest absolute Gasteiger partial charge is 0.496 e. The van der Waals surface area contributed by atoms with Gasteiger partial charge in [-0.1, -0.05) is 12.1 Å². The predicted molar refractivity (Wildman–Crippen MR) is 71.3 cm³/mol.